The molecule has 1 heterocycles. The minimum atomic E-state index is 0.189. The average molecular weight is 313 g/mol. The van der Waals surface area contributed by atoms with Gasteiger partial charge in [0, 0.05) is 12.1 Å². The van der Waals surface area contributed by atoms with Crippen LogP contribution in [0.1, 0.15) is 11.1 Å². The highest BCUT2D eigenvalue weighted by molar-refractivity contribution is 6.34. The molecule has 2 N–H and O–H groups in total. The number of hydrogen-bond acceptors (Lipinski definition) is 4. The molecule has 2 aromatic rings. The molecule has 0 atom stereocenters. The summed E-state index contributed by atoms with van der Waals surface area (Å²) in [5.74, 6) is 0.866. The smallest absolute Gasteiger partial charge is 0.154 e. The summed E-state index contributed by atoms with van der Waals surface area (Å²) in [6, 6.07) is 6.77. The Morgan fingerprint density at radius 1 is 1.30 bits per heavy atom. The van der Waals surface area contributed by atoms with Crippen molar-refractivity contribution in [2.75, 3.05) is 12.4 Å². The molecule has 106 valence electrons. The summed E-state index contributed by atoms with van der Waals surface area (Å²) in [5.41, 5.74) is 2.28. The molecule has 6 heteroatoms. The van der Waals surface area contributed by atoms with Gasteiger partial charge in [-0.3, -0.25) is 0 Å². The second-order valence-electron chi connectivity index (χ2n) is 4.28. The van der Waals surface area contributed by atoms with Crippen LogP contribution in [0.5, 0.6) is 11.5 Å². The van der Waals surface area contributed by atoms with Gasteiger partial charge in [-0.2, -0.15) is 0 Å². The Balaban J connectivity index is 2.21. The lowest BCUT2D eigenvalue weighted by Crippen LogP contribution is -2.03. The first-order valence-corrected chi connectivity index (χ1v) is 6.69. The molecule has 0 amide bonds. The molecule has 4 nitrogen and oxygen atoms in total. The quantitative estimate of drug-likeness (QED) is 0.837. The summed E-state index contributed by atoms with van der Waals surface area (Å²) >= 11 is 11.9. The van der Waals surface area contributed by atoms with Gasteiger partial charge in [0.15, 0.2) is 5.15 Å². The second kappa shape index (κ2) is 6.20. The van der Waals surface area contributed by atoms with E-state index in [2.05, 4.69) is 10.3 Å². The van der Waals surface area contributed by atoms with E-state index in [-0.39, 0.29) is 5.75 Å². The fraction of sp³-hybridized carbons (Fsp3) is 0.214. The molecule has 0 unspecified atom stereocenters. The molecule has 0 saturated carbocycles. The first-order valence-electron chi connectivity index (χ1n) is 5.93. The number of ether oxygens (including phenoxy) is 1. The molecule has 0 spiro atoms. The molecule has 1 aromatic heterocycles. The lowest BCUT2D eigenvalue weighted by Gasteiger charge is -2.13. The number of halogens is 2. The number of aromatic nitrogens is 1. The van der Waals surface area contributed by atoms with Crippen LogP contribution in [0.3, 0.4) is 0 Å². The number of aryl methyl sites for hydroxylation is 1. The van der Waals surface area contributed by atoms with Crippen LogP contribution in [0.15, 0.2) is 24.3 Å². The number of hydrogen-bond donors (Lipinski definition) is 2. The third kappa shape index (κ3) is 3.26. The van der Waals surface area contributed by atoms with Crippen LogP contribution in [0.4, 0.5) is 5.69 Å². The van der Waals surface area contributed by atoms with Crippen LogP contribution in [0.2, 0.25) is 10.3 Å². The van der Waals surface area contributed by atoms with Crippen molar-refractivity contribution in [2.24, 2.45) is 0 Å². The number of phenolic OH excluding ortho intramolecular Hbond substituents is 1. The number of phenols is 1. The third-order valence-corrected chi connectivity index (χ3v) is 3.35. The van der Waals surface area contributed by atoms with Crippen LogP contribution >= 0.6 is 23.2 Å². The largest absolute Gasteiger partial charge is 0.508 e. The summed E-state index contributed by atoms with van der Waals surface area (Å²) < 4.78 is 5.13. The standard InChI is InChI=1S/C14H14Cl2N2O2/c1-8-5-12(15)18-14(16)13(8)17-7-9-6-10(20-2)3-4-11(9)19/h3-6,17,19H,7H2,1-2H3. The van der Waals surface area contributed by atoms with Crippen molar-refractivity contribution in [1.29, 1.82) is 0 Å². The van der Waals surface area contributed by atoms with E-state index < -0.39 is 0 Å². The van der Waals surface area contributed by atoms with Crippen molar-refractivity contribution in [3.8, 4) is 11.5 Å². The normalized spacial score (nSPS) is 10.4. The van der Waals surface area contributed by atoms with Gasteiger partial charge >= 0.3 is 0 Å². The zero-order valence-corrected chi connectivity index (χ0v) is 12.6. The van der Waals surface area contributed by atoms with Gasteiger partial charge in [0.2, 0.25) is 0 Å². The van der Waals surface area contributed by atoms with Gasteiger partial charge in [-0.25, -0.2) is 4.98 Å². The Morgan fingerprint density at radius 3 is 2.70 bits per heavy atom. The molecule has 0 aliphatic rings. The predicted octanol–water partition coefficient (Wildman–Crippen LogP) is 4.02. The minimum Gasteiger partial charge on any atom is -0.508 e. The van der Waals surface area contributed by atoms with Gasteiger partial charge < -0.3 is 15.2 Å². The lowest BCUT2D eigenvalue weighted by molar-refractivity contribution is 0.411. The summed E-state index contributed by atoms with van der Waals surface area (Å²) in [6.45, 7) is 2.28. The van der Waals surface area contributed by atoms with E-state index in [9.17, 15) is 5.11 Å². The number of anilines is 1. The van der Waals surface area contributed by atoms with Gasteiger partial charge in [-0.05, 0) is 36.8 Å². The first kappa shape index (κ1) is 14.8. The molecule has 0 saturated heterocycles. The van der Waals surface area contributed by atoms with Gasteiger partial charge in [0.1, 0.15) is 16.7 Å². The van der Waals surface area contributed by atoms with Crippen LogP contribution in [-0.4, -0.2) is 17.2 Å². The van der Waals surface area contributed by atoms with E-state index in [4.69, 9.17) is 27.9 Å². The Hall–Kier alpha value is -1.65. The van der Waals surface area contributed by atoms with Crippen molar-refractivity contribution in [2.45, 2.75) is 13.5 Å². The van der Waals surface area contributed by atoms with Gasteiger partial charge in [0.25, 0.3) is 0 Å². The monoisotopic (exact) mass is 312 g/mol. The fourth-order valence-corrected chi connectivity index (χ4v) is 2.42. The zero-order chi connectivity index (χ0) is 14.7. The number of nitrogens with zero attached hydrogens (tertiary/aromatic N) is 1. The van der Waals surface area contributed by atoms with Gasteiger partial charge in [-0.1, -0.05) is 23.2 Å². The molecule has 0 bridgehead atoms. The van der Waals surface area contributed by atoms with Gasteiger partial charge in [0.05, 0.1) is 12.8 Å². The van der Waals surface area contributed by atoms with E-state index in [1.54, 1.807) is 31.4 Å². The number of benzene rings is 1. The number of pyridine rings is 1. The third-order valence-electron chi connectivity index (χ3n) is 2.88. The summed E-state index contributed by atoms with van der Waals surface area (Å²) in [7, 11) is 1.58. The topological polar surface area (TPSA) is 54.4 Å². The van der Waals surface area contributed by atoms with E-state index in [1.807, 2.05) is 6.92 Å². The number of rotatable bonds is 4. The molecule has 2 rings (SSSR count). The summed E-state index contributed by atoms with van der Waals surface area (Å²) in [4.78, 5) is 3.98. The van der Waals surface area contributed by atoms with E-state index in [0.717, 1.165) is 5.56 Å². The van der Waals surface area contributed by atoms with E-state index >= 15 is 0 Å². The second-order valence-corrected chi connectivity index (χ2v) is 5.02. The maximum Gasteiger partial charge on any atom is 0.154 e. The van der Waals surface area contributed by atoms with Crippen LogP contribution in [-0.2, 0) is 6.54 Å². The summed E-state index contributed by atoms with van der Waals surface area (Å²) in [5, 5.41) is 13.6. The highest BCUT2D eigenvalue weighted by atomic mass is 35.5. The summed E-state index contributed by atoms with van der Waals surface area (Å²) in [6.07, 6.45) is 0. The molecule has 0 aliphatic heterocycles. The van der Waals surface area contributed by atoms with Crippen molar-refractivity contribution in [3.05, 3.63) is 45.7 Å². The maximum absolute atomic E-state index is 9.83. The minimum absolute atomic E-state index is 0.189. The zero-order valence-electron chi connectivity index (χ0n) is 11.1. The number of aromatic hydroxyl groups is 1. The Morgan fingerprint density at radius 2 is 2.05 bits per heavy atom. The Bertz CT molecular complexity index is 610. The molecule has 0 fully saturated rings. The molecular formula is C14H14Cl2N2O2. The van der Waals surface area contributed by atoms with Gasteiger partial charge in [-0.15, -0.1) is 0 Å². The van der Waals surface area contributed by atoms with Crippen LogP contribution in [0.25, 0.3) is 0 Å². The van der Waals surface area contributed by atoms with Crippen LogP contribution in [0, 0.1) is 6.92 Å². The molecule has 0 radical (unpaired) electrons. The van der Waals surface area contributed by atoms with Crippen molar-refractivity contribution in [1.82, 2.24) is 4.98 Å². The fourth-order valence-electron chi connectivity index (χ4n) is 1.82. The Labute approximate surface area is 127 Å². The lowest BCUT2D eigenvalue weighted by atomic mass is 10.1. The highest BCUT2D eigenvalue weighted by Gasteiger charge is 2.09. The SMILES string of the molecule is COc1ccc(O)c(CNc2c(C)cc(Cl)nc2Cl)c1. The Kier molecular flexibility index (Phi) is 4.57. The van der Waals surface area contributed by atoms with E-state index in [0.29, 0.717) is 33.9 Å². The predicted molar refractivity (Wildman–Crippen MR) is 81.0 cm³/mol. The first-order chi connectivity index (χ1) is 9.51. The highest BCUT2D eigenvalue weighted by Crippen LogP contribution is 2.29. The van der Waals surface area contributed by atoms with Crippen LogP contribution < -0.4 is 10.1 Å². The van der Waals surface area contributed by atoms with Crippen molar-refractivity contribution in [3.63, 3.8) is 0 Å². The molecule has 20 heavy (non-hydrogen) atoms. The molecular weight excluding hydrogens is 299 g/mol. The van der Waals surface area contributed by atoms with E-state index in [1.165, 1.54) is 0 Å². The number of methoxy groups -OCH3 is 1. The molecule has 1 aromatic carbocycles. The maximum atomic E-state index is 9.83. The van der Waals surface area contributed by atoms with Crippen molar-refractivity contribution >= 4 is 28.9 Å². The van der Waals surface area contributed by atoms with Crippen molar-refractivity contribution < 1.29 is 9.84 Å². The molecule has 0 aliphatic carbocycles. The number of nitrogens with one attached hydrogen (secondary N) is 1. The average Bonchev–Trinajstić information content (AvgIpc) is 2.39.